The molecule has 0 aliphatic carbocycles. The highest BCUT2D eigenvalue weighted by Crippen LogP contribution is 2.29. The van der Waals surface area contributed by atoms with Gasteiger partial charge in [0.05, 0.1) is 29.6 Å². The first-order valence-electron chi connectivity index (χ1n) is 7.05. The smallest absolute Gasteiger partial charge is 0.242 e. The predicted octanol–water partition coefficient (Wildman–Crippen LogP) is 2.34. The van der Waals surface area contributed by atoms with Gasteiger partial charge in [0.25, 0.3) is 0 Å². The molecule has 1 aliphatic rings. The SMILES string of the molecule is Nc1cc(Cl)cnc1Oc1cccnc1CN1CCOCC1. The summed E-state index contributed by atoms with van der Waals surface area (Å²) < 4.78 is 11.2. The van der Waals surface area contributed by atoms with Crippen LogP contribution in [0.1, 0.15) is 5.69 Å². The van der Waals surface area contributed by atoms with Gasteiger partial charge in [-0.3, -0.25) is 9.88 Å². The fourth-order valence-corrected chi connectivity index (χ4v) is 2.40. The van der Waals surface area contributed by atoms with Crippen molar-refractivity contribution >= 4 is 17.3 Å². The molecule has 0 atom stereocenters. The molecule has 0 unspecified atom stereocenters. The normalized spacial score (nSPS) is 15.7. The number of pyridine rings is 2. The molecule has 2 aromatic heterocycles. The number of anilines is 1. The number of hydrogen-bond donors (Lipinski definition) is 1. The Kier molecular flexibility index (Phi) is 4.72. The Morgan fingerprint density at radius 2 is 2.14 bits per heavy atom. The van der Waals surface area contributed by atoms with Gasteiger partial charge in [0.15, 0.2) is 5.75 Å². The van der Waals surface area contributed by atoms with Crippen molar-refractivity contribution in [3.63, 3.8) is 0 Å². The number of halogens is 1. The number of nitrogens with zero attached hydrogens (tertiary/aromatic N) is 3. The van der Waals surface area contributed by atoms with Gasteiger partial charge in [-0.25, -0.2) is 4.98 Å². The van der Waals surface area contributed by atoms with Crippen LogP contribution < -0.4 is 10.5 Å². The van der Waals surface area contributed by atoms with Gasteiger partial charge in [-0.2, -0.15) is 0 Å². The van der Waals surface area contributed by atoms with Crippen LogP contribution in [0.3, 0.4) is 0 Å². The number of rotatable bonds is 4. The number of ether oxygens (including phenoxy) is 2. The Bertz CT molecular complexity index is 647. The summed E-state index contributed by atoms with van der Waals surface area (Å²) in [5, 5.41) is 0.476. The Morgan fingerprint density at radius 1 is 1.32 bits per heavy atom. The standard InChI is InChI=1S/C15H17ClN4O2/c16-11-8-12(17)15(19-9-11)22-14-2-1-3-18-13(14)10-20-4-6-21-7-5-20/h1-3,8-9H,4-7,10,17H2. The lowest BCUT2D eigenvalue weighted by Crippen LogP contribution is -2.35. The summed E-state index contributed by atoms with van der Waals surface area (Å²) in [4.78, 5) is 10.8. The number of nitrogens with two attached hydrogens (primary N) is 1. The summed E-state index contributed by atoms with van der Waals surface area (Å²) >= 11 is 5.85. The van der Waals surface area contributed by atoms with E-state index < -0.39 is 0 Å². The zero-order chi connectivity index (χ0) is 15.4. The molecule has 116 valence electrons. The van der Waals surface area contributed by atoms with E-state index in [2.05, 4.69) is 14.9 Å². The highest BCUT2D eigenvalue weighted by Gasteiger charge is 2.15. The minimum absolute atomic E-state index is 0.334. The molecular weight excluding hydrogens is 304 g/mol. The van der Waals surface area contributed by atoms with E-state index in [1.54, 1.807) is 12.3 Å². The van der Waals surface area contributed by atoms with E-state index in [-0.39, 0.29) is 0 Å². The lowest BCUT2D eigenvalue weighted by Gasteiger charge is -2.26. The second-order valence-corrected chi connectivity index (χ2v) is 5.42. The second kappa shape index (κ2) is 6.91. The van der Waals surface area contributed by atoms with E-state index in [0.29, 0.717) is 28.9 Å². The zero-order valence-corrected chi connectivity index (χ0v) is 12.8. The quantitative estimate of drug-likeness (QED) is 0.932. The first-order valence-corrected chi connectivity index (χ1v) is 7.43. The second-order valence-electron chi connectivity index (χ2n) is 4.99. The van der Waals surface area contributed by atoms with Gasteiger partial charge in [0, 0.05) is 32.0 Å². The number of nitrogen functional groups attached to an aromatic ring is 1. The fraction of sp³-hybridized carbons (Fsp3) is 0.333. The molecule has 3 rings (SSSR count). The monoisotopic (exact) mass is 320 g/mol. The third kappa shape index (κ3) is 3.65. The molecule has 1 fully saturated rings. The molecule has 0 radical (unpaired) electrons. The molecule has 0 bridgehead atoms. The van der Waals surface area contributed by atoms with Crippen molar-refractivity contribution in [1.82, 2.24) is 14.9 Å². The average Bonchev–Trinajstić information content (AvgIpc) is 2.53. The third-order valence-corrected chi connectivity index (χ3v) is 3.58. The van der Waals surface area contributed by atoms with Crippen molar-refractivity contribution in [1.29, 1.82) is 0 Å². The number of aromatic nitrogens is 2. The summed E-state index contributed by atoms with van der Waals surface area (Å²) in [6.07, 6.45) is 3.26. The van der Waals surface area contributed by atoms with Gasteiger partial charge in [0.1, 0.15) is 0 Å². The molecule has 6 nitrogen and oxygen atoms in total. The van der Waals surface area contributed by atoms with Gasteiger partial charge in [-0.1, -0.05) is 11.6 Å². The van der Waals surface area contributed by atoms with Crippen LogP contribution in [0.2, 0.25) is 5.02 Å². The predicted molar refractivity (Wildman–Crippen MR) is 84.1 cm³/mol. The van der Waals surface area contributed by atoms with Gasteiger partial charge >= 0.3 is 0 Å². The first kappa shape index (κ1) is 15.0. The van der Waals surface area contributed by atoms with E-state index in [4.69, 9.17) is 26.8 Å². The summed E-state index contributed by atoms with van der Waals surface area (Å²) in [5.74, 6) is 0.983. The summed E-state index contributed by atoms with van der Waals surface area (Å²) in [7, 11) is 0. The van der Waals surface area contributed by atoms with Crippen LogP contribution in [0.25, 0.3) is 0 Å². The molecule has 2 N–H and O–H groups in total. The molecule has 7 heteroatoms. The molecule has 1 saturated heterocycles. The third-order valence-electron chi connectivity index (χ3n) is 3.38. The average molecular weight is 321 g/mol. The van der Waals surface area contributed by atoms with Crippen molar-refractivity contribution < 1.29 is 9.47 Å². The minimum Gasteiger partial charge on any atom is -0.435 e. The zero-order valence-electron chi connectivity index (χ0n) is 12.0. The Hall–Kier alpha value is -1.89. The number of morpholine rings is 1. The minimum atomic E-state index is 0.334. The molecule has 0 spiro atoms. The molecule has 1 aliphatic heterocycles. The van der Waals surface area contributed by atoms with Crippen LogP contribution in [0.5, 0.6) is 11.6 Å². The van der Waals surface area contributed by atoms with Crippen LogP contribution in [0.4, 0.5) is 5.69 Å². The Balaban J connectivity index is 1.78. The molecular formula is C15H17ClN4O2. The van der Waals surface area contributed by atoms with E-state index in [1.165, 1.54) is 6.20 Å². The Morgan fingerprint density at radius 3 is 2.91 bits per heavy atom. The summed E-state index contributed by atoms with van der Waals surface area (Å²) in [6, 6.07) is 5.30. The largest absolute Gasteiger partial charge is 0.435 e. The topological polar surface area (TPSA) is 73.5 Å². The highest BCUT2D eigenvalue weighted by molar-refractivity contribution is 6.30. The lowest BCUT2D eigenvalue weighted by atomic mass is 10.3. The molecule has 0 aromatic carbocycles. The van der Waals surface area contributed by atoms with Gasteiger partial charge < -0.3 is 15.2 Å². The van der Waals surface area contributed by atoms with Crippen molar-refractivity contribution in [3.05, 3.63) is 41.3 Å². The highest BCUT2D eigenvalue weighted by atomic mass is 35.5. The van der Waals surface area contributed by atoms with Gasteiger partial charge in [0.2, 0.25) is 5.88 Å². The molecule has 0 saturated carbocycles. The maximum atomic E-state index is 5.88. The Labute approximate surface area is 133 Å². The molecule has 0 amide bonds. The van der Waals surface area contributed by atoms with Crippen LogP contribution in [-0.4, -0.2) is 41.2 Å². The van der Waals surface area contributed by atoms with Crippen molar-refractivity contribution in [2.75, 3.05) is 32.0 Å². The van der Waals surface area contributed by atoms with Crippen LogP contribution in [-0.2, 0) is 11.3 Å². The maximum Gasteiger partial charge on any atom is 0.242 e. The summed E-state index contributed by atoms with van der Waals surface area (Å²) in [5.41, 5.74) is 7.13. The van der Waals surface area contributed by atoms with Crippen LogP contribution >= 0.6 is 11.6 Å². The molecule has 3 heterocycles. The number of hydrogen-bond acceptors (Lipinski definition) is 6. The van der Waals surface area contributed by atoms with E-state index in [0.717, 1.165) is 32.0 Å². The van der Waals surface area contributed by atoms with Crippen molar-refractivity contribution in [2.45, 2.75) is 6.54 Å². The van der Waals surface area contributed by atoms with Crippen LogP contribution in [0, 0.1) is 0 Å². The van der Waals surface area contributed by atoms with Crippen molar-refractivity contribution in [2.24, 2.45) is 0 Å². The van der Waals surface area contributed by atoms with Gasteiger partial charge in [-0.05, 0) is 18.2 Å². The van der Waals surface area contributed by atoms with Crippen LogP contribution in [0.15, 0.2) is 30.6 Å². The molecule has 2 aromatic rings. The first-order chi connectivity index (χ1) is 10.7. The van der Waals surface area contributed by atoms with Gasteiger partial charge in [-0.15, -0.1) is 0 Å². The fourth-order valence-electron chi connectivity index (χ4n) is 2.24. The van der Waals surface area contributed by atoms with E-state index >= 15 is 0 Å². The summed E-state index contributed by atoms with van der Waals surface area (Å²) in [6.45, 7) is 3.96. The van der Waals surface area contributed by atoms with E-state index in [9.17, 15) is 0 Å². The van der Waals surface area contributed by atoms with E-state index in [1.807, 2.05) is 12.1 Å². The molecule has 22 heavy (non-hydrogen) atoms. The maximum absolute atomic E-state index is 5.88. The lowest BCUT2D eigenvalue weighted by molar-refractivity contribution is 0.0333. The van der Waals surface area contributed by atoms with Crippen molar-refractivity contribution in [3.8, 4) is 11.6 Å².